The molecule has 1 aliphatic carbocycles. The van der Waals surface area contributed by atoms with Crippen molar-refractivity contribution in [2.45, 2.75) is 30.3 Å². The lowest BCUT2D eigenvalue weighted by atomic mass is 10.3. The van der Waals surface area contributed by atoms with Gasteiger partial charge in [0.1, 0.15) is 4.90 Å². The topological polar surface area (TPSA) is 67.6 Å². The van der Waals surface area contributed by atoms with Crippen molar-refractivity contribution in [3.8, 4) is 0 Å². The van der Waals surface area contributed by atoms with Crippen LogP contribution in [0.15, 0.2) is 60.0 Å². The van der Waals surface area contributed by atoms with Crippen molar-refractivity contribution in [2.24, 2.45) is 0 Å². The van der Waals surface area contributed by atoms with Crippen LogP contribution in [0.5, 0.6) is 0 Å². The Hall–Kier alpha value is -2.25. The summed E-state index contributed by atoms with van der Waals surface area (Å²) in [5.74, 6) is 0. The predicted octanol–water partition coefficient (Wildman–Crippen LogP) is 2.08. The molecular formula is C16H16N4O2S. The molecule has 4 rings (SSSR count). The Labute approximate surface area is 134 Å². The average molecular weight is 328 g/mol. The molecular weight excluding hydrogens is 312 g/mol. The maximum Gasteiger partial charge on any atom is 0.247 e. The Balaban J connectivity index is 1.75. The molecule has 1 aliphatic rings. The van der Waals surface area contributed by atoms with Gasteiger partial charge in [-0.2, -0.15) is 9.40 Å². The number of fused-ring (bicyclic) bond motifs is 1. The van der Waals surface area contributed by atoms with E-state index in [-0.39, 0.29) is 10.9 Å². The first kappa shape index (κ1) is 14.3. The highest BCUT2D eigenvalue weighted by molar-refractivity contribution is 7.89. The van der Waals surface area contributed by atoms with Gasteiger partial charge in [0.05, 0.1) is 11.7 Å². The van der Waals surface area contributed by atoms with Gasteiger partial charge in [0.15, 0.2) is 0 Å². The Morgan fingerprint density at radius 2 is 1.96 bits per heavy atom. The minimum atomic E-state index is -3.59. The summed E-state index contributed by atoms with van der Waals surface area (Å²) in [6.45, 7) is 0.361. The van der Waals surface area contributed by atoms with Gasteiger partial charge in [0.25, 0.3) is 0 Å². The average Bonchev–Trinajstić information content (AvgIpc) is 3.31. The predicted molar refractivity (Wildman–Crippen MR) is 85.2 cm³/mol. The van der Waals surface area contributed by atoms with Gasteiger partial charge in [-0.3, -0.25) is 4.98 Å². The van der Waals surface area contributed by atoms with Crippen LogP contribution >= 0.6 is 0 Å². The summed E-state index contributed by atoms with van der Waals surface area (Å²) >= 11 is 0. The molecule has 0 radical (unpaired) electrons. The van der Waals surface area contributed by atoms with Crippen LogP contribution < -0.4 is 0 Å². The van der Waals surface area contributed by atoms with Gasteiger partial charge < -0.3 is 0 Å². The van der Waals surface area contributed by atoms with Gasteiger partial charge in [-0.25, -0.2) is 12.9 Å². The van der Waals surface area contributed by atoms with Crippen molar-refractivity contribution in [1.29, 1.82) is 0 Å². The highest BCUT2D eigenvalue weighted by atomic mass is 32.2. The molecule has 7 heteroatoms. The lowest BCUT2D eigenvalue weighted by Crippen LogP contribution is -2.32. The molecule has 0 saturated heterocycles. The first-order valence-electron chi connectivity index (χ1n) is 7.49. The summed E-state index contributed by atoms with van der Waals surface area (Å²) in [5, 5.41) is 4.15. The second-order valence-electron chi connectivity index (χ2n) is 5.68. The van der Waals surface area contributed by atoms with Crippen LogP contribution in [0.4, 0.5) is 0 Å². The van der Waals surface area contributed by atoms with Crippen molar-refractivity contribution in [3.05, 3.63) is 60.7 Å². The van der Waals surface area contributed by atoms with Crippen molar-refractivity contribution >= 4 is 15.5 Å². The standard InChI is InChI=1S/C16H16N4O2S/c21-23(22,16-11-18-19-10-2-1-3-15(16)19)20(14-4-5-14)12-13-6-8-17-9-7-13/h1-3,6-11,14H,4-5,12H2. The molecule has 0 bridgehead atoms. The summed E-state index contributed by atoms with van der Waals surface area (Å²) < 4.78 is 29.5. The molecule has 23 heavy (non-hydrogen) atoms. The number of sulfonamides is 1. The zero-order chi connectivity index (χ0) is 15.9. The molecule has 0 aliphatic heterocycles. The minimum absolute atomic E-state index is 0.0758. The molecule has 0 N–H and O–H groups in total. The fraction of sp³-hybridized carbons (Fsp3) is 0.250. The Morgan fingerprint density at radius 3 is 2.70 bits per heavy atom. The van der Waals surface area contributed by atoms with Gasteiger partial charge in [-0.05, 0) is 42.7 Å². The van der Waals surface area contributed by atoms with E-state index in [1.54, 1.807) is 33.5 Å². The van der Waals surface area contributed by atoms with E-state index in [9.17, 15) is 8.42 Å². The maximum atomic E-state index is 13.2. The number of rotatable bonds is 5. The van der Waals surface area contributed by atoms with Crippen molar-refractivity contribution in [3.63, 3.8) is 0 Å². The van der Waals surface area contributed by atoms with Crippen LogP contribution in [-0.2, 0) is 16.6 Å². The molecule has 0 spiro atoms. The number of hydrogen-bond acceptors (Lipinski definition) is 4. The molecule has 3 heterocycles. The van der Waals surface area contributed by atoms with E-state index in [4.69, 9.17) is 0 Å². The molecule has 0 unspecified atom stereocenters. The van der Waals surface area contributed by atoms with E-state index >= 15 is 0 Å². The Kier molecular flexibility index (Phi) is 3.39. The normalized spacial score (nSPS) is 15.3. The molecule has 3 aromatic rings. The van der Waals surface area contributed by atoms with Gasteiger partial charge in [0, 0.05) is 31.2 Å². The molecule has 3 aromatic heterocycles. The zero-order valence-electron chi connectivity index (χ0n) is 12.4. The summed E-state index contributed by atoms with van der Waals surface area (Å²) in [6.07, 6.45) is 8.36. The maximum absolute atomic E-state index is 13.2. The Morgan fingerprint density at radius 1 is 1.17 bits per heavy atom. The molecule has 0 atom stereocenters. The van der Waals surface area contributed by atoms with Crippen LogP contribution in [0.1, 0.15) is 18.4 Å². The van der Waals surface area contributed by atoms with E-state index in [1.165, 1.54) is 6.20 Å². The quantitative estimate of drug-likeness (QED) is 0.719. The number of pyridine rings is 2. The minimum Gasteiger partial charge on any atom is -0.265 e. The van der Waals surface area contributed by atoms with Gasteiger partial charge in [-0.15, -0.1) is 0 Å². The van der Waals surface area contributed by atoms with Crippen LogP contribution in [0.25, 0.3) is 5.52 Å². The van der Waals surface area contributed by atoms with Crippen LogP contribution in [0.2, 0.25) is 0 Å². The number of hydrogen-bond donors (Lipinski definition) is 0. The third-order valence-electron chi connectivity index (χ3n) is 4.02. The zero-order valence-corrected chi connectivity index (χ0v) is 13.2. The largest absolute Gasteiger partial charge is 0.265 e. The SMILES string of the molecule is O=S(=O)(c1cnn2ccccc12)N(Cc1ccncc1)C1CC1. The van der Waals surface area contributed by atoms with Gasteiger partial charge in [-0.1, -0.05) is 6.07 Å². The van der Waals surface area contributed by atoms with Crippen molar-refractivity contribution in [1.82, 2.24) is 18.9 Å². The van der Waals surface area contributed by atoms with Gasteiger partial charge in [0.2, 0.25) is 10.0 Å². The summed E-state index contributed by atoms with van der Waals surface area (Å²) in [4.78, 5) is 4.25. The first-order chi connectivity index (χ1) is 11.2. The van der Waals surface area contributed by atoms with E-state index in [2.05, 4.69) is 10.1 Å². The van der Waals surface area contributed by atoms with Crippen molar-refractivity contribution < 1.29 is 8.42 Å². The molecule has 118 valence electrons. The van der Waals surface area contributed by atoms with E-state index in [1.807, 2.05) is 24.3 Å². The van der Waals surface area contributed by atoms with Crippen LogP contribution in [0, 0.1) is 0 Å². The Bertz CT molecular complexity index is 933. The molecule has 0 amide bonds. The molecule has 0 aromatic carbocycles. The van der Waals surface area contributed by atoms with E-state index in [0.29, 0.717) is 12.1 Å². The lowest BCUT2D eigenvalue weighted by molar-refractivity contribution is 0.399. The fourth-order valence-electron chi connectivity index (χ4n) is 2.68. The van der Waals surface area contributed by atoms with Crippen molar-refractivity contribution in [2.75, 3.05) is 0 Å². The highest BCUT2D eigenvalue weighted by Gasteiger charge is 2.39. The third kappa shape index (κ3) is 2.62. The summed E-state index contributed by atoms with van der Waals surface area (Å²) in [6, 6.07) is 9.19. The number of nitrogens with zero attached hydrogens (tertiary/aromatic N) is 4. The second-order valence-corrected chi connectivity index (χ2v) is 7.54. The molecule has 1 fully saturated rings. The summed E-state index contributed by atoms with van der Waals surface area (Å²) in [7, 11) is -3.59. The fourth-order valence-corrected chi connectivity index (χ4v) is 4.46. The smallest absolute Gasteiger partial charge is 0.247 e. The third-order valence-corrected chi connectivity index (χ3v) is 5.93. The van der Waals surface area contributed by atoms with Gasteiger partial charge >= 0.3 is 0 Å². The first-order valence-corrected chi connectivity index (χ1v) is 8.93. The number of aromatic nitrogens is 3. The van der Waals surface area contributed by atoms with Crippen LogP contribution in [0.3, 0.4) is 0 Å². The molecule has 6 nitrogen and oxygen atoms in total. The highest BCUT2D eigenvalue weighted by Crippen LogP contribution is 2.34. The lowest BCUT2D eigenvalue weighted by Gasteiger charge is -2.21. The molecule has 1 saturated carbocycles. The second kappa shape index (κ2) is 5.43. The van der Waals surface area contributed by atoms with E-state index < -0.39 is 10.0 Å². The van der Waals surface area contributed by atoms with Crippen LogP contribution in [-0.4, -0.2) is 33.4 Å². The summed E-state index contributed by atoms with van der Waals surface area (Å²) in [5.41, 5.74) is 1.54. The monoisotopic (exact) mass is 328 g/mol. The van der Waals surface area contributed by atoms with E-state index in [0.717, 1.165) is 18.4 Å².